The van der Waals surface area contributed by atoms with Crippen LogP contribution in [0, 0.1) is 0 Å². The summed E-state index contributed by atoms with van der Waals surface area (Å²) in [5, 5.41) is 20.3. The van der Waals surface area contributed by atoms with Crippen molar-refractivity contribution in [1.29, 1.82) is 0 Å². The molecule has 0 saturated carbocycles. The van der Waals surface area contributed by atoms with Crippen molar-refractivity contribution in [3.05, 3.63) is 28.2 Å². The molecule has 2 unspecified atom stereocenters. The number of nitrogens with one attached hydrogen (secondary N) is 1. The summed E-state index contributed by atoms with van der Waals surface area (Å²) in [6.45, 7) is -0.978. The summed E-state index contributed by atoms with van der Waals surface area (Å²) in [6.07, 6.45) is -1.75. The van der Waals surface area contributed by atoms with Crippen molar-refractivity contribution in [3.63, 3.8) is 0 Å². The second kappa shape index (κ2) is 7.19. The van der Waals surface area contributed by atoms with Gasteiger partial charge in [0.05, 0.1) is 7.05 Å². The van der Waals surface area contributed by atoms with Gasteiger partial charge in [-0.15, -0.1) is 0 Å². The van der Waals surface area contributed by atoms with Gasteiger partial charge in [0.2, 0.25) is 5.52 Å². The maximum atomic E-state index is 12.1. The molecule has 0 aliphatic carbocycles. The molecule has 0 radical (unpaired) electrons. The lowest BCUT2D eigenvalue weighted by molar-refractivity contribution is -0.743. The quantitative estimate of drug-likeness (QED) is 0.184. The van der Waals surface area contributed by atoms with Crippen molar-refractivity contribution in [1.82, 2.24) is 14.5 Å². The number of nitrogens with two attached hydrogens (primary N) is 1. The number of phosphoric acid groups is 2. The third kappa shape index (κ3) is 4.34. The highest BCUT2D eigenvalue weighted by Crippen LogP contribution is 2.57. The third-order valence-electron chi connectivity index (χ3n) is 3.73. The lowest BCUT2D eigenvalue weighted by Crippen LogP contribution is -2.45. The van der Waals surface area contributed by atoms with Gasteiger partial charge in [-0.2, -0.15) is 8.88 Å². The molecule has 0 bridgehead atoms. The van der Waals surface area contributed by atoms with E-state index in [4.69, 9.17) is 20.3 Å². The summed E-state index contributed by atoms with van der Waals surface area (Å²) in [4.78, 5) is 44.7. The van der Waals surface area contributed by atoms with Gasteiger partial charge in [-0.25, -0.2) is 9.13 Å². The van der Waals surface area contributed by atoms with Gasteiger partial charge in [-0.05, 0) is 0 Å². The molecule has 2 aromatic rings. The summed E-state index contributed by atoms with van der Waals surface area (Å²) in [6, 6.07) is 0. The number of phosphoric ester groups is 1. The highest BCUT2D eigenvalue weighted by Gasteiger charge is 2.43. The average molecular weight is 456 g/mol. The number of aliphatic hydroxyl groups is 2. The lowest BCUT2D eigenvalue weighted by atomic mass is 10.2. The van der Waals surface area contributed by atoms with E-state index in [0.29, 0.717) is 0 Å². The summed E-state index contributed by atoms with van der Waals surface area (Å²) in [5.74, 6) is -1.52. The monoisotopic (exact) mass is 456 g/mol. The first-order valence-corrected chi connectivity index (χ1v) is 10.6. The Morgan fingerprint density at radius 2 is 2.07 bits per heavy atom. The third-order valence-corrected chi connectivity index (χ3v) is 5.86. The van der Waals surface area contributed by atoms with E-state index in [1.54, 1.807) is 0 Å². The Morgan fingerprint density at radius 3 is 2.69 bits per heavy atom. The molecule has 1 aliphatic rings. The van der Waals surface area contributed by atoms with Gasteiger partial charge in [0.15, 0.2) is 23.9 Å². The number of nitrogens with zero attached hydrogens (tertiary/aromatic N) is 3. The summed E-state index contributed by atoms with van der Waals surface area (Å²) < 4.78 is 38.0. The van der Waals surface area contributed by atoms with Gasteiger partial charge in [0.1, 0.15) is 6.61 Å². The Morgan fingerprint density at radius 1 is 1.41 bits per heavy atom. The number of hydrogen-bond acceptors (Lipinski definition) is 10. The Bertz CT molecular complexity index is 1150. The zero-order valence-corrected chi connectivity index (χ0v) is 16.2. The number of aryl methyl sites for hydroxylation is 1. The van der Waals surface area contributed by atoms with E-state index < -0.39 is 51.7 Å². The molecule has 3 atom stereocenters. The van der Waals surface area contributed by atoms with Crippen molar-refractivity contribution in [2.24, 2.45) is 7.05 Å². The number of aromatic amines is 1. The SMILES string of the molecule is Cn1c[n+]([C@@H]2OC(COP(=O)(O)OP(=O)(O)O)=C(O)C2O)c2nc(N)[nH]c(=O)c21. The minimum absolute atomic E-state index is 0.00503. The van der Waals surface area contributed by atoms with Gasteiger partial charge in [-0.1, -0.05) is 4.98 Å². The zero-order chi connectivity index (χ0) is 21.7. The van der Waals surface area contributed by atoms with E-state index in [0.717, 1.165) is 0 Å². The van der Waals surface area contributed by atoms with Crippen LogP contribution in [0.3, 0.4) is 0 Å². The number of ether oxygens (including phenoxy) is 1. The van der Waals surface area contributed by atoms with Crippen LogP contribution in [-0.2, 0) is 29.7 Å². The molecule has 0 fully saturated rings. The molecule has 18 heteroatoms. The summed E-state index contributed by atoms with van der Waals surface area (Å²) in [7, 11) is -9.04. The van der Waals surface area contributed by atoms with Crippen LogP contribution in [0.2, 0.25) is 0 Å². The molecule has 160 valence electrons. The molecular weight excluding hydrogens is 440 g/mol. The van der Waals surface area contributed by atoms with Crippen LogP contribution in [0.15, 0.2) is 22.6 Å². The molecule has 0 spiro atoms. The standard InChI is InChI=1S/C11H15N5O11P2/c1-15-3-16(8-5(15)9(19)14-11(12)13-8)10-7(18)6(17)4(26-10)2-25-29(23,24)27-28(20,21)22/h3,7,10,18H,2H2,1H3,(H6-,12,13,14,17,19,20,21,22,23,24)/p+1/t7?,10-/m1/s1. The molecule has 29 heavy (non-hydrogen) atoms. The summed E-state index contributed by atoms with van der Waals surface area (Å²) >= 11 is 0. The van der Waals surface area contributed by atoms with Crippen LogP contribution in [0.1, 0.15) is 6.23 Å². The lowest BCUT2D eigenvalue weighted by Gasteiger charge is -2.14. The van der Waals surface area contributed by atoms with Crippen molar-refractivity contribution >= 4 is 32.8 Å². The second-order valence-electron chi connectivity index (χ2n) is 5.83. The number of fused-ring (bicyclic) bond motifs is 1. The van der Waals surface area contributed by atoms with Gasteiger partial charge < -0.3 is 35.4 Å². The molecule has 3 rings (SSSR count). The van der Waals surface area contributed by atoms with Crippen LogP contribution in [0.4, 0.5) is 5.95 Å². The van der Waals surface area contributed by atoms with Gasteiger partial charge in [-0.3, -0.25) is 18.9 Å². The minimum atomic E-state index is -5.34. The molecular formula is C11H16N5O11P2+. The van der Waals surface area contributed by atoms with Crippen molar-refractivity contribution in [2.75, 3.05) is 12.3 Å². The second-order valence-corrected chi connectivity index (χ2v) is 8.66. The fourth-order valence-electron chi connectivity index (χ4n) is 2.64. The number of H-pyrrole nitrogens is 1. The van der Waals surface area contributed by atoms with Crippen LogP contribution in [-0.4, -0.2) is 52.1 Å². The highest BCUT2D eigenvalue weighted by molar-refractivity contribution is 7.60. The van der Waals surface area contributed by atoms with Gasteiger partial charge in [0.25, 0.3) is 17.7 Å². The van der Waals surface area contributed by atoms with Crippen LogP contribution in [0.25, 0.3) is 11.2 Å². The molecule has 0 amide bonds. The Hall–Kier alpha value is -2.29. The van der Waals surface area contributed by atoms with Gasteiger partial charge >= 0.3 is 21.3 Å². The van der Waals surface area contributed by atoms with Crippen molar-refractivity contribution in [3.8, 4) is 0 Å². The van der Waals surface area contributed by atoms with E-state index in [9.17, 15) is 29.0 Å². The fourth-order valence-corrected chi connectivity index (χ4v) is 4.19. The van der Waals surface area contributed by atoms with E-state index in [-0.39, 0.29) is 17.1 Å². The number of anilines is 1. The molecule has 0 saturated heterocycles. The number of aromatic nitrogens is 4. The smallest absolute Gasteiger partial charge is 0.481 e. The molecule has 2 aromatic heterocycles. The van der Waals surface area contributed by atoms with E-state index in [1.807, 2.05) is 0 Å². The van der Waals surface area contributed by atoms with Gasteiger partial charge in [0, 0.05) is 0 Å². The number of rotatable bonds is 6. The van der Waals surface area contributed by atoms with Crippen LogP contribution >= 0.6 is 15.6 Å². The Kier molecular flexibility index (Phi) is 5.31. The Labute approximate surface area is 160 Å². The zero-order valence-electron chi connectivity index (χ0n) is 14.4. The van der Waals surface area contributed by atoms with Crippen LogP contribution < -0.4 is 15.9 Å². The van der Waals surface area contributed by atoms with E-state index in [2.05, 4.69) is 18.8 Å². The number of imidazole rings is 1. The summed E-state index contributed by atoms with van der Waals surface area (Å²) in [5.41, 5.74) is 5.04. The number of aliphatic hydroxyl groups excluding tert-OH is 2. The Balaban J connectivity index is 1.86. The fraction of sp³-hybridized carbons (Fsp3) is 0.364. The predicted molar refractivity (Wildman–Crippen MR) is 90.6 cm³/mol. The first-order chi connectivity index (χ1) is 13.3. The molecule has 3 heterocycles. The predicted octanol–water partition coefficient (Wildman–Crippen LogP) is -1.98. The minimum Gasteiger partial charge on any atom is -0.506 e. The number of nitrogen functional groups attached to an aromatic ring is 1. The van der Waals surface area contributed by atoms with Crippen molar-refractivity contribution < 1.29 is 52.2 Å². The van der Waals surface area contributed by atoms with E-state index in [1.165, 1.54) is 22.5 Å². The van der Waals surface area contributed by atoms with E-state index >= 15 is 0 Å². The maximum Gasteiger partial charge on any atom is 0.481 e. The maximum absolute atomic E-state index is 12.1. The van der Waals surface area contributed by atoms with Crippen molar-refractivity contribution in [2.45, 2.75) is 12.3 Å². The molecule has 8 N–H and O–H groups in total. The molecule has 16 nitrogen and oxygen atoms in total. The first kappa shape index (κ1) is 21.4. The largest absolute Gasteiger partial charge is 0.506 e. The molecule has 0 aromatic carbocycles. The topological polar surface area (TPSA) is 244 Å². The highest BCUT2D eigenvalue weighted by atomic mass is 31.3. The normalized spacial score (nSPS) is 22.1. The average Bonchev–Trinajstić information content (AvgIpc) is 3.01. The molecule has 1 aliphatic heterocycles. The van der Waals surface area contributed by atoms with Crippen LogP contribution in [0.5, 0.6) is 0 Å². The first-order valence-electron chi connectivity index (χ1n) is 7.56. The number of hydrogen-bond donors (Lipinski definition) is 7.